The maximum absolute atomic E-state index is 13.3. The SMILES string of the molecule is N#Cc1ccc(N2CCc3c(cccc3N3CCOC3=O)C2)cc1C(F)(F)F. The summed E-state index contributed by atoms with van der Waals surface area (Å²) in [6.45, 7) is 1.77. The predicted octanol–water partition coefficient (Wildman–Crippen LogP) is 4.10. The number of hydrogen-bond acceptors (Lipinski definition) is 4. The average molecular weight is 387 g/mol. The first-order valence-corrected chi connectivity index (χ1v) is 8.80. The lowest BCUT2D eigenvalue weighted by Crippen LogP contribution is -2.33. The van der Waals surface area contributed by atoms with E-state index in [2.05, 4.69) is 0 Å². The van der Waals surface area contributed by atoms with Gasteiger partial charge >= 0.3 is 12.3 Å². The molecule has 2 aliphatic heterocycles. The molecule has 1 fully saturated rings. The Balaban J connectivity index is 1.65. The summed E-state index contributed by atoms with van der Waals surface area (Å²) in [5.74, 6) is 0. The minimum atomic E-state index is -4.59. The fourth-order valence-electron chi connectivity index (χ4n) is 3.74. The minimum absolute atomic E-state index is 0.347. The van der Waals surface area contributed by atoms with Crippen molar-refractivity contribution in [1.29, 1.82) is 5.26 Å². The Labute approximate surface area is 159 Å². The topological polar surface area (TPSA) is 56.6 Å². The van der Waals surface area contributed by atoms with Crippen LogP contribution < -0.4 is 9.80 Å². The van der Waals surface area contributed by atoms with E-state index in [0.29, 0.717) is 38.3 Å². The summed E-state index contributed by atoms with van der Waals surface area (Å²) in [4.78, 5) is 15.3. The molecule has 1 amide bonds. The van der Waals surface area contributed by atoms with E-state index in [1.165, 1.54) is 6.07 Å². The summed E-state index contributed by atoms with van der Waals surface area (Å²) in [5, 5.41) is 8.96. The zero-order valence-electron chi connectivity index (χ0n) is 14.8. The fraction of sp³-hybridized carbons (Fsp3) is 0.300. The van der Waals surface area contributed by atoms with Crippen molar-refractivity contribution in [2.24, 2.45) is 0 Å². The van der Waals surface area contributed by atoms with Gasteiger partial charge in [0.15, 0.2) is 0 Å². The van der Waals surface area contributed by atoms with Crippen molar-refractivity contribution in [3.63, 3.8) is 0 Å². The molecular formula is C20H16F3N3O2. The van der Waals surface area contributed by atoms with Crippen LogP contribution in [0.2, 0.25) is 0 Å². The van der Waals surface area contributed by atoms with Gasteiger partial charge in [-0.1, -0.05) is 12.1 Å². The van der Waals surface area contributed by atoms with Gasteiger partial charge in [-0.15, -0.1) is 0 Å². The van der Waals surface area contributed by atoms with Gasteiger partial charge in [-0.2, -0.15) is 18.4 Å². The Morgan fingerprint density at radius 3 is 2.64 bits per heavy atom. The van der Waals surface area contributed by atoms with Gasteiger partial charge in [0.25, 0.3) is 0 Å². The number of alkyl halides is 3. The Morgan fingerprint density at radius 1 is 1.14 bits per heavy atom. The van der Waals surface area contributed by atoms with Gasteiger partial charge in [-0.3, -0.25) is 4.90 Å². The molecule has 1 saturated heterocycles. The number of nitrogens with zero attached hydrogens (tertiary/aromatic N) is 3. The lowest BCUT2D eigenvalue weighted by molar-refractivity contribution is -0.137. The molecule has 2 aromatic carbocycles. The average Bonchev–Trinajstić information content (AvgIpc) is 3.11. The second kappa shape index (κ2) is 6.75. The van der Waals surface area contributed by atoms with E-state index in [4.69, 9.17) is 10.00 Å². The Hall–Kier alpha value is -3.21. The van der Waals surface area contributed by atoms with Gasteiger partial charge in [0.1, 0.15) is 6.61 Å². The largest absolute Gasteiger partial charge is 0.447 e. The lowest BCUT2D eigenvalue weighted by Gasteiger charge is -2.33. The van der Waals surface area contributed by atoms with Crippen molar-refractivity contribution >= 4 is 17.5 Å². The molecule has 2 heterocycles. The molecule has 0 unspecified atom stereocenters. The van der Waals surface area contributed by atoms with Crippen molar-refractivity contribution in [2.45, 2.75) is 19.1 Å². The highest BCUT2D eigenvalue weighted by Crippen LogP contribution is 2.37. The molecule has 0 radical (unpaired) electrons. The molecule has 0 N–H and O–H groups in total. The van der Waals surface area contributed by atoms with Crippen molar-refractivity contribution < 1.29 is 22.7 Å². The zero-order valence-corrected chi connectivity index (χ0v) is 14.8. The smallest absolute Gasteiger partial charge is 0.417 e. The van der Waals surface area contributed by atoms with E-state index >= 15 is 0 Å². The van der Waals surface area contributed by atoms with Crippen LogP contribution in [0, 0.1) is 11.3 Å². The number of ether oxygens (including phenoxy) is 1. The second-order valence-electron chi connectivity index (χ2n) is 6.69. The lowest BCUT2D eigenvalue weighted by atomic mass is 9.96. The standard InChI is InChI=1S/C20H16F3N3O2/c21-20(22,23)17-10-15(5-4-13(17)11-24)25-7-6-16-14(12-25)2-1-3-18(16)26-8-9-28-19(26)27/h1-5,10H,6-9,12H2. The number of halogens is 3. The van der Waals surface area contributed by atoms with Crippen LogP contribution in [0.4, 0.5) is 29.3 Å². The monoisotopic (exact) mass is 387 g/mol. The summed E-state index contributed by atoms with van der Waals surface area (Å²) in [6.07, 6.45) is -4.37. The fourth-order valence-corrected chi connectivity index (χ4v) is 3.74. The minimum Gasteiger partial charge on any atom is -0.447 e. The van der Waals surface area contributed by atoms with Gasteiger partial charge in [0.2, 0.25) is 0 Å². The molecule has 0 atom stereocenters. The van der Waals surface area contributed by atoms with Crippen molar-refractivity contribution in [3.8, 4) is 6.07 Å². The normalized spacial score (nSPS) is 16.6. The Bertz CT molecular complexity index is 982. The van der Waals surface area contributed by atoms with Crippen LogP contribution in [0.25, 0.3) is 0 Å². The number of rotatable bonds is 2. The molecule has 8 heteroatoms. The maximum Gasteiger partial charge on any atom is 0.417 e. The molecule has 0 aromatic heterocycles. The number of carbonyl (C=O) groups is 1. The van der Waals surface area contributed by atoms with Gasteiger partial charge < -0.3 is 9.64 Å². The van der Waals surface area contributed by atoms with E-state index < -0.39 is 11.7 Å². The maximum atomic E-state index is 13.3. The van der Waals surface area contributed by atoms with Gasteiger partial charge in [-0.05, 0) is 41.8 Å². The highest BCUT2D eigenvalue weighted by molar-refractivity contribution is 5.90. The number of fused-ring (bicyclic) bond motifs is 1. The molecule has 2 aliphatic rings. The van der Waals surface area contributed by atoms with Crippen LogP contribution in [-0.4, -0.2) is 25.8 Å². The van der Waals surface area contributed by atoms with Crippen LogP contribution in [0.5, 0.6) is 0 Å². The van der Waals surface area contributed by atoms with Crippen molar-refractivity contribution in [3.05, 3.63) is 58.7 Å². The molecule has 0 aliphatic carbocycles. The highest BCUT2D eigenvalue weighted by atomic mass is 19.4. The third-order valence-corrected chi connectivity index (χ3v) is 5.09. The zero-order chi connectivity index (χ0) is 19.9. The number of carbonyl (C=O) groups excluding carboxylic acids is 1. The first-order valence-electron chi connectivity index (χ1n) is 8.80. The van der Waals surface area contributed by atoms with Crippen LogP contribution in [0.15, 0.2) is 36.4 Å². The molecular weight excluding hydrogens is 371 g/mol. The number of benzene rings is 2. The first-order chi connectivity index (χ1) is 13.4. The van der Waals surface area contributed by atoms with Gasteiger partial charge in [0.05, 0.1) is 29.4 Å². The molecule has 144 valence electrons. The number of hydrogen-bond donors (Lipinski definition) is 0. The Kier molecular flexibility index (Phi) is 4.38. The van der Waals surface area contributed by atoms with Crippen molar-refractivity contribution in [1.82, 2.24) is 0 Å². The van der Waals surface area contributed by atoms with E-state index in [9.17, 15) is 18.0 Å². The quantitative estimate of drug-likeness (QED) is 0.779. The second-order valence-corrected chi connectivity index (χ2v) is 6.69. The van der Waals surface area contributed by atoms with Crippen molar-refractivity contribution in [2.75, 3.05) is 29.5 Å². The highest BCUT2D eigenvalue weighted by Gasteiger charge is 2.35. The Morgan fingerprint density at radius 2 is 1.96 bits per heavy atom. The first kappa shape index (κ1) is 18.2. The molecule has 0 bridgehead atoms. The van der Waals surface area contributed by atoms with Crippen LogP contribution >= 0.6 is 0 Å². The number of cyclic esters (lactones) is 1. The molecule has 2 aromatic rings. The van der Waals surface area contributed by atoms with Crippen LogP contribution in [0.3, 0.4) is 0 Å². The summed E-state index contributed by atoms with van der Waals surface area (Å²) >= 11 is 0. The van der Waals surface area contributed by atoms with Gasteiger partial charge in [-0.25, -0.2) is 4.79 Å². The number of anilines is 2. The summed E-state index contributed by atoms with van der Waals surface area (Å²) in [7, 11) is 0. The van der Waals surface area contributed by atoms with E-state index in [1.54, 1.807) is 17.0 Å². The third-order valence-electron chi connectivity index (χ3n) is 5.09. The molecule has 4 rings (SSSR count). The van der Waals surface area contributed by atoms with Crippen LogP contribution in [0.1, 0.15) is 22.3 Å². The van der Waals surface area contributed by atoms with E-state index in [1.807, 2.05) is 23.1 Å². The van der Waals surface area contributed by atoms with Gasteiger partial charge in [0, 0.05) is 18.8 Å². The summed E-state index contributed by atoms with van der Waals surface area (Å²) < 4.78 is 44.8. The predicted molar refractivity (Wildman–Crippen MR) is 96.0 cm³/mol. The number of nitriles is 1. The molecule has 0 spiro atoms. The summed E-state index contributed by atoms with van der Waals surface area (Å²) in [5.41, 5.74) is 1.89. The summed E-state index contributed by atoms with van der Waals surface area (Å²) in [6, 6.07) is 11.0. The van der Waals surface area contributed by atoms with Crippen LogP contribution in [-0.2, 0) is 23.9 Å². The number of amides is 1. The third kappa shape index (κ3) is 3.13. The molecule has 28 heavy (non-hydrogen) atoms. The molecule has 0 saturated carbocycles. The molecule has 5 nitrogen and oxygen atoms in total. The van der Waals surface area contributed by atoms with E-state index in [0.717, 1.165) is 22.9 Å². The van der Waals surface area contributed by atoms with E-state index in [-0.39, 0.29) is 11.7 Å².